The Kier molecular flexibility index (Phi) is 3.29. The summed E-state index contributed by atoms with van der Waals surface area (Å²) in [6.45, 7) is 0. The summed E-state index contributed by atoms with van der Waals surface area (Å²) >= 11 is 0. The van der Waals surface area contributed by atoms with E-state index < -0.39 is 29.1 Å². The first-order valence-corrected chi connectivity index (χ1v) is 7.12. The molecular weight excluding hydrogens is 355 g/mol. The molecule has 26 heavy (non-hydrogen) atoms. The Morgan fingerprint density at radius 1 is 1.19 bits per heavy atom. The summed E-state index contributed by atoms with van der Waals surface area (Å²) in [4.78, 5) is 16.2. The lowest BCUT2D eigenvalue weighted by molar-refractivity contribution is -0.141. The maximum Gasteiger partial charge on any atom is 0.433 e. The number of carboxylic acid groups (broad SMARTS) is 1. The van der Waals surface area contributed by atoms with Gasteiger partial charge in [0.25, 0.3) is 0 Å². The minimum Gasteiger partial charge on any atom is -0.477 e. The highest BCUT2D eigenvalue weighted by Gasteiger charge is 2.34. The van der Waals surface area contributed by atoms with Gasteiger partial charge < -0.3 is 5.11 Å². The standard InChI is InChI=1S/C14H8F3N7O2/c15-14(16,17)9-5-6-23-12(18-9)10(13(25)26)11(20-23)21-24-8-4-2-1-3-7(8)19-22-24/h1-6H,(H,20,21)(H,25,26). The van der Waals surface area contributed by atoms with E-state index in [0.717, 1.165) is 10.7 Å². The largest absolute Gasteiger partial charge is 0.477 e. The van der Waals surface area contributed by atoms with Crippen LogP contribution in [0.3, 0.4) is 0 Å². The van der Waals surface area contributed by atoms with Crippen LogP contribution in [0, 0.1) is 0 Å². The quantitative estimate of drug-likeness (QED) is 0.573. The van der Waals surface area contributed by atoms with Crippen molar-refractivity contribution in [2.45, 2.75) is 6.18 Å². The van der Waals surface area contributed by atoms with E-state index in [-0.39, 0.29) is 5.82 Å². The Bertz CT molecular complexity index is 1150. The van der Waals surface area contributed by atoms with Gasteiger partial charge in [0.15, 0.2) is 11.5 Å². The van der Waals surface area contributed by atoms with Gasteiger partial charge in [-0.3, -0.25) is 5.43 Å². The fourth-order valence-corrected chi connectivity index (χ4v) is 2.41. The molecule has 0 atom stereocenters. The highest BCUT2D eigenvalue weighted by molar-refractivity contribution is 6.00. The zero-order valence-electron chi connectivity index (χ0n) is 12.6. The predicted octanol–water partition coefficient (Wildman–Crippen LogP) is 2.07. The van der Waals surface area contributed by atoms with Crippen LogP contribution in [-0.4, -0.2) is 40.8 Å². The van der Waals surface area contributed by atoms with Gasteiger partial charge in [0.05, 0.1) is 0 Å². The second-order valence-electron chi connectivity index (χ2n) is 5.21. The van der Waals surface area contributed by atoms with Crippen molar-refractivity contribution in [3.8, 4) is 0 Å². The summed E-state index contributed by atoms with van der Waals surface area (Å²) < 4.78 is 39.5. The number of anilines is 1. The van der Waals surface area contributed by atoms with E-state index in [1.165, 1.54) is 4.79 Å². The summed E-state index contributed by atoms with van der Waals surface area (Å²) in [5, 5.41) is 21.1. The van der Waals surface area contributed by atoms with Gasteiger partial charge in [-0.15, -0.1) is 10.2 Å². The number of fused-ring (bicyclic) bond motifs is 2. The molecule has 0 fully saturated rings. The van der Waals surface area contributed by atoms with Crippen molar-refractivity contribution in [1.82, 2.24) is 29.7 Å². The van der Waals surface area contributed by atoms with Gasteiger partial charge in [0.2, 0.25) is 0 Å². The van der Waals surface area contributed by atoms with E-state index in [1.54, 1.807) is 24.3 Å². The zero-order chi connectivity index (χ0) is 18.5. The van der Waals surface area contributed by atoms with E-state index in [4.69, 9.17) is 0 Å². The van der Waals surface area contributed by atoms with Crippen LogP contribution in [0.2, 0.25) is 0 Å². The van der Waals surface area contributed by atoms with Crippen molar-refractivity contribution in [2.75, 3.05) is 5.43 Å². The number of alkyl halides is 3. The van der Waals surface area contributed by atoms with Gasteiger partial charge in [-0.1, -0.05) is 12.1 Å². The smallest absolute Gasteiger partial charge is 0.433 e. The molecule has 9 nitrogen and oxygen atoms in total. The predicted molar refractivity (Wildman–Crippen MR) is 81.5 cm³/mol. The fraction of sp³-hybridized carbons (Fsp3) is 0.0714. The lowest BCUT2D eigenvalue weighted by Gasteiger charge is -2.05. The average Bonchev–Trinajstić information content (AvgIpc) is 3.15. The minimum atomic E-state index is -4.71. The van der Waals surface area contributed by atoms with Crippen LogP contribution in [-0.2, 0) is 6.18 Å². The molecule has 4 aromatic rings. The van der Waals surface area contributed by atoms with Crippen LogP contribution in [0.4, 0.5) is 19.0 Å². The first-order valence-electron chi connectivity index (χ1n) is 7.12. The van der Waals surface area contributed by atoms with E-state index in [9.17, 15) is 23.1 Å². The molecule has 4 rings (SSSR count). The second kappa shape index (κ2) is 5.40. The first kappa shape index (κ1) is 15.8. The molecule has 0 spiro atoms. The molecule has 0 radical (unpaired) electrons. The van der Waals surface area contributed by atoms with Gasteiger partial charge >= 0.3 is 12.1 Å². The molecule has 132 valence electrons. The van der Waals surface area contributed by atoms with Gasteiger partial charge in [0, 0.05) is 6.20 Å². The molecule has 0 saturated carbocycles. The second-order valence-corrected chi connectivity index (χ2v) is 5.21. The van der Waals surface area contributed by atoms with E-state index in [0.29, 0.717) is 17.1 Å². The van der Waals surface area contributed by atoms with E-state index in [2.05, 4.69) is 25.8 Å². The number of benzene rings is 1. The normalized spacial score (nSPS) is 12.0. The van der Waals surface area contributed by atoms with Crippen LogP contribution in [0.15, 0.2) is 36.5 Å². The highest BCUT2D eigenvalue weighted by Crippen LogP contribution is 2.29. The molecule has 1 aromatic carbocycles. The van der Waals surface area contributed by atoms with Crippen LogP contribution >= 0.6 is 0 Å². The van der Waals surface area contributed by atoms with Gasteiger partial charge in [-0.25, -0.2) is 14.3 Å². The number of nitrogens with one attached hydrogen (secondary N) is 1. The van der Waals surface area contributed by atoms with Crippen molar-refractivity contribution in [3.05, 3.63) is 47.8 Å². The molecule has 3 heterocycles. The van der Waals surface area contributed by atoms with Crippen molar-refractivity contribution in [3.63, 3.8) is 0 Å². The number of hydrogen-bond donors (Lipinski definition) is 2. The lowest BCUT2D eigenvalue weighted by Crippen LogP contribution is -2.14. The van der Waals surface area contributed by atoms with Crippen molar-refractivity contribution in [2.24, 2.45) is 0 Å². The average molecular weight is 363 g/mol. The number of rotatable bonds is 3. The number of nitrogens with zero attached hydrogens (tertiary/aromatic N) is 6. The Balaban J connectivity index is 1.87. The summed E-state index contributed by atoms with van der Waals surface area (Å²) in [7, 11) is 0. The highest BCUT2D eigenvalue weighted by atomic mass is 19.4. The van der Waals surface area contributed by atoms with E-state index >= 15 is 0 Å². The van der Waals surface area contributed by atoms with Crippen LogP contribution in [0.25, 0.3) is 16.7 Å². The minimum absolute atomic E-state index is 0.222. The number of aromatic carboxylic acids is 1. The van der Waals surface area contributed by atoms with Gasteiger partial charge in [-0.2, -0.15) is 18.0 Å². The van der Waals surface area contributed by atoms with Crippen molar-refractivity contribution < 1.29 is 23.1 Å². The number of halogens is 3. The molecule has 0 unspecified atom stereocenters. The van der Waals surface area contributed by atoms with Gasteiger partial charge in [-0.05, 0) is 23.4 Å². The SMILES string of the molecule is O=C(O)c1c(Nn2nnc3ccccc32)nn2ccc(C(F)(F)F)nc12. The summed E-state index contributed by atoms with van der Waals surface area (Å²) in [5.41, 5.74) is 1.53. The number of para-hydroxylation sites is 1. The topological polar surface area (TPSA) is 110 Å². The molecule has 2 N–H and O–H groups in total. The zero-order valence-corrected chi connectivity index (χ0v) is 12.6. The summed E-state index contributed by atoms with van der Waals surface area (Å²) in [6.07, 6.45) is -3.72. The number of carboxylic acids is 1. The Morgan fingerprint density at radius 2 is 1.96 bits per heavy atom. The summed E-state index contributed by atoms with van der Waals surface area (Å²) in [5.74, 6) is -1.71. The monoisotopic (exact) mass is 363 g/mol. The third-order valence-electron chi connectivity index (χ3n) is 3.55. The van der Waals surface area contributed by atoms with E-state index in [1.807, 2.05) is 0 Å². The lowest BCUT2D eigenvalue weighted by atomic mass is 10.3. The fourth-order valence-electron chi connectivity index (χ4n) is 2.41. The molecule has 0 bridgehead atoms. The van der Waals surface area contributed by atoms with Crippen molar-refractivity contribution >= 4 is 28.5 Å². The number of hydrogen-bond acceptors (Lipinski definition) is 6. The molecule has 0 aliphatic rings. The molecule has 12 heteroatoms. The van der Waals surface area contributed by atoms with Gasteiger partial charge in [0.1, 0.15) is 22.3 Å². The maximum atomic E-state index is 12.9. The Hall–Kier alpha value is -3.70. The van der Waals surface area contributed by atoms with Crippen LogP contribution in [0.1, 0.15) is 16.1 Å². The Labute approximate surface area is 141 Å². The summed E-state index contributed by atoms with van der Waals surface area (Å²) in [6, 6.07) is 7.55. The maximum absolute atomic E-state index is 12.9. The third kappa shape index (κ3) is 2.47. The van der Waals surface area contributed by atoms with Crippen LogP contribution in [0.5, 0.6) is 0 Å². The molecule has 0 saturated heterocycles. The Morgan fingerprint density at radius 3 is 2.69 bits per heavy atom. The van der Waals surface area contributed by atoms with Crippen molar-refractivity contribution in [1.29, 1.82) is 0 Å². The molecule has 0 aliphatic heterocycles. The third-order valence-corrected chi connectivity index (χ3v) is 3.55. The molecule has 0 amide bonds. The number of aromatic nitrogens is 6. The molecular formula is C14H8F3N7O2. The van der Waals surface area contributed by atoms with Crippen LogP contribution < -0.4 is 5.43 Å². The number of carbonyl (C=O) groups is 1. The first-order chi connectivity index (χ1) is 12.3. The molecule has 3 aromatic heterocycles. The molecule has 0 aliphatic carbocycles.